The van der Waals surface area contributed by atoms with Crippen LogP contribution in [0.1, 0.15) is 49.5 Å². The third-order valence-corrected chi connectivity index (χ3v) is 7.49. The van der Waals surface area contributed by atoms with Crippen molar-refractivity contribution in [1.82, 2.24) is 29.9 Å². The average Bonchev–Trinajstić information content (AvgIpc) is 3.44. The van der Waals surface area contributed by atoms with Gasteiger partial charge in [-0.2, -0.15) is 4.68 Å². The monoisotopic (exact) mass is 597 g/mol. The Morgan fingerprint density at radius 3 is 2.70 bits per heavy atom. The van der Waals surface area contributed by atoms with E-state index in [4.69, 9.17) is 4.74 Å². The molecule has 0 saturated carbocycles. The topological polar surface area (TPSA) is 127 Å². The normalized spacial score (nSPS) is 15.5. The van der Waals surface area contributed by atoms with Crippen LogP contribution < -0.4 is 4.90 Å². The number of pyridine rings is 2. The second-order valence-electron chi connectivity index (χ2n) is 11.8. The molecule has 0 aliphatic carbocycles. The number of aromatic nitrogens is 5. The van der Waals surface area contributed by atoms with Gasteiger partial charge in [0, 0.05) is 36.9 Å². The van der Waals surface area contributed by atoms with Gasteiger partial charge in [-0.15, -0.1) is 5.10 Å². The van der Waals surface area contributed by atoms with Crippen LogP contribution in [0.15, 0.2) is 67.0 Å². The van der Waals surface area contributed by atoms with Crippen LogP contribution in [0, 0.1) is 5.82 Å². The molecule has 1 fully saturated rings. The molecule has 0 spiro atoms. The van der Waals surface area contributed by atoms with Crippen LogP contribution in [-0.4, -0.2) is 71.7 Å². The van der Waals surface area contributed by atoms with E-state index in [2.05, 4.69) is 20.3 Å². The van der Waals surface area contributed by atoms with Crippen LogP contribution in [0.4, 0.5) is 15.0 Å². The van der Waals surface area contributed by atoms with Crippen LogP contribution in [-0.2, 0) is 11.3 Å². The number of carbonyl (C=O) groups is 2. The second kappa shape index (κ2) is 11.6. The summed E-state index contributed by atoms with van der Waals surface area (Å²) in [6.07, 6.45) is 3.87. The highest BCUT2D eigenvalue weighted by Gasteiger charge is 2.36. The lowest BCUT2D eigenvalue weighted by atomic mass is 10.0. The minimum absolute atomic E-state index is 0.169. The zero-order chi connectivity index (χ0) is 31.0. The Labute approximate surface area is 252 Å². The number of rotatable bonds is 5. The van der Waals surface area contributed by atoms with Gasteiger partial charge in [0.15, 0.2) is 5.65 Å². The Morgan fingerprint density at radius 1 is 1.09 bits per heavy atom. The van der Waals surface area contributed by atoms with Crippen LogP contribution in [0.2, 0.25) is 0 Å². The summed E-state index contributed by atoms with van der Waals surface area (Å²) in [5.41, 5.74) is 1.15. The summed E-state index contributed by atoms with van der Waals surface area (Å²) in [6, 6.07) is 14.4. The standard InChI is InChI=1S/C32H32FN7O4/c1-32(2,3)44-31(43)38-15-5-6-23(18-38)39(28-25-16-20(19-41)8-9-21(25)12-14-35-28)30(42)24-11-10-22(17-26(24)33)40-29-27(36-37-40)7-4-13-34-29/h4,7-14,16-17,23,41H,5-6,15,18-19H2,1-3H3/t23-/m1/s1. The highest BCUT2D eigenvalue weighted by Crippen LogP contribution is 2.32. The number of halogens is 1. The first-order valence-electron chi connectivity index (χ1n) is 14.4. The molecule has 1 aliphatic rings. The van der Waals surface area contributed by atoms with Crippen molar-refractivity contribution >= 4 is 39.8 Å². The number of fused-ring (bicyclic) bond motifs is 2. The molecule has 1 atom stereocenters. The van der Waals surface area contributed by atoms with Gasteiger partial charge in [0.2, 0.25) is 0 Å². The Balaban J connectivity index is 1.42. The first-order valence-corrected chi connectivity index (χ1v) is 14.4. The first kappa shape index (κ1) is 29.1. The van der Waals surface area contributed by atoms with E-state index in [1.54, 1.807) is 68.4 Å². The summed E-state index contributed by atoms with van der Waals surface area (Å²) in [5, 5.41) is 19.4. The summed E-state index contributed by atoms with van der Waals surface area (Å²) < 4.78 is 22.9. The number of anilines is 1. The molecule has 4 heterocycles. The Morgan fingerprint density at radius 2 is 1.93 bits per heavy atom. The quantitative estimate of drug-likeness (QED) is 0.299. The van der Waals surface area contributed by atoms with Gasteiger partial charge >= 0.3 is 6.09 Å². The van der Waals surface area contributed by atoms with E-state index in [0.717, 1.165) is 5.39 Å². The average molecular weight is 598 g/mol. The number of likely N-dealkylation sites (tertiary alicyclic amines) is 1. The highest BCUT2D eigenvalue weighted by atomic mass is 19.1. The molecule has 12 heteroatoms. The molecule has 0 radical (unpaired) electrons. The molecule has 6 rings (SSSR count). The zero-order valence-corrected chi connectivity index (χ0v) is 24.6. The predicted octanol–water partition coefficient (Wildman–Crippen LogP) is 5.04. The maximum atomic E-state index is 15.9. The molecule has 3 aromatic heterocycles. The van der Waals surface area contributed by atoms with Crippen LogP contribution in [0.3, 0.4) is 0 Å². The van der Waals surface area contributed by atoms with Crippen molar-refractivity contribution < 1.29 is 23.8 Å². The largest absolute Gasteiger partial charge is 0.444 e. The number of amides is 2. The van der Waals surface area contributed by atoms with E-state index in [1.165, 1.54) is 21.7 Å². The fourth-order valence-electron chi connectivity index (χ4n) is 5.46. The van der Waals surface area contributed by atoms with E-state index in [1.807, 2.05) is 12.1 Å². The van der Waals surface area contributed by atoms with Crippen LogP contribution >= 0.6 is 0 Å². The van der Waals surface area contributed by atoms with Gasteiger partial charge in [-0.3, -0.25) is 9.69 Å². The minimum Gasteiger partial charge on any atom is -0.444 e. The Kier molecular flexibility index (Phi) is 7.68. The SMILES string of the molecule is CC(C)(C)OC(=O)N1CCC[C@@H](N(C(=O)c2ccc(-n3nnc4cccnc43)cc2F)c2nccc3ccc(CO)cc23)C1. The third kappa shape index (κ3) is 5.68. The highest BCUT2D eigenvalue weighted by molar-refractivity contribution is 6.10. The third-order valence-electron chi connectivity index (χ3n) is 7.49. The van der Waals surface area contributed by atoms with Crippen molar-refractivity contribution in [2.75, 3.05) is 18.0 Å². The molecular weight excluding hydrogens is 565 g/mol. The smallest absolute Gasteiger partial charge is 0.410 e. The summed E-state index contributed by atoms with van der Waals surface area (Å²) in [7, 11) is 0. The van der Waals surface area contributed by atoms with Crippen LogP contribution in [0.5, 0.6) is 0 Å². The molecule has 2 aromatic carbocycles. The van der Waals surface area contributed by atoms with Crippen LogP contribution in [0.25, 0.3) is 27.6 Å². The predicted molar refractivity (Wildman–Crippen MR) is 162 cm³/mol. The molecule has 5 aromatic rings. The number of aliphatic hydroxyl groups is 1. The van der Waals surface area contributed by atoms with Gasteiger partial charge in [-0.25, -0.2) is 19.2 Å². The van der Waals surface area contributed by atoms with Gasteiger partial charge < -0.3 is 14.7 Å². The minimum atomic E-state index is -0.756. The summed E-state index contributed by atoms with van der Waals surface area (Å²) in [4.78, 5) is 39.4. The van der Waals surface area contributed by atoms with Crippen molar-refractivity contribution in [3.05, 3.63) is 83.9 Å². The molecule has 1 saturated heterocycles. The van der Waals surface area contributed by atoms with Crippen molar-refractivity contribution in [3.8, 4) is 5.69 Å². The van der Waals surface area contributed by atoms with Crippen molar-refractivity contribution in [2.45, 2.75) is 51.9 Å². The van der Waals surface area contributed by atoms with E-state index in [0.29, 0.717) is 53.0 Å². The van der Waals surface area contributed by atoms with E-state index >= 15 is 4.39 Å². The number of ether oxygens (including phenoxy) is 1. The maximum absolute atomic E-state index is 15.9. The molecule has 226 valence electrons. The molecule has 1 aliphatic heterocycles. The fraction of sp³-hybridized carbons (Fsp3) is 0.312. The van der Waals surface area contributed by atoms with Gasteiger partial charge in [-0.1, -0.05) is 17.3 Å². The molecule has 2 amide bonds. The molecule has 1 N–H and O–H groups in total. The summed E-state index contributed by atoms with van der Waals surface area (Å²) >= 11 is 0. The molecule has 0 bridgehead atoms. The Hall–Kier alpha value is -4.97. The van der Waals surface area contributed by atoms with E-state index in [9.17, 15) is 14.7 Å². The molecule has 0 unspecified atom stereocenters. The fourth-order valence-corrected chi connectivity index (χ4v) is 5.46. The summed E-state index contributed by atoms with van der Waals surface area (Å²) in [6.45, 7) is 5.83. The zero-order valence-electron chi connectivity index (χ0n) is 24.6. The first-order chi connectivity index (χ1) is 21.1. The van der Waals surface area contributed by atoms with Crippen molar-refractivity contribution in [1.29, 1.82) is 0 Å². The van der Waals surface area contributed by atoms with Crippen molar-refractivity contribution in [3.63, 3.8) is 0 Å². The van der Waals surface area contributed by atoms with Crippen molar-refractivity contribution in [2.24, 2.45) is 0 Å². The lowest BCUT2D eigenvalue weighted by Gasteiger charge is -2.39. The lowest BCUT2D eigenvalue weighted by molar-refractivity contribution is 0.0196. The Bertz CT molecular complexity index is 1870. The molecular formula is C32H32FN7O4. The number of piperidine rings is 1. The van der Waals surface area contributed by atoms with E-state index < -0.39 is 29.5 Å². The van der Waals surface area contributed by atoms with Gasteiger partial charge in [-0.05, 0) is 81.0 Å². The van der Waals surface area contributed by atoms with Gasteiger partial charge in [0.05, 0.1) is 23.9 Å². The number of aliphatic hydroxyl groups excluding tert-OH is 1. The van der Waals surface area contributed by atoms with E-state index in [-0.39, 0.29) is 18.7 Å². The number of hydrogen-bond donors (Lipinski definition) is 1. The number of hydrogen-bond acceptors (Lipinski definition) is 8. The molecule has 11 nitrogen and oxygen atoms in total. The second-order valence-corrected chi connectivity index (χ2v) is 11.8. The lowest BCUT2D eigenvalue weighted by Crippen LogP contribution is -2.53. The number of carbonyl (C=O) groups excluding carboxylic acids is 2. The summed E-state index contributed by atoms with van der Waals surface area (Å²) in [5.74, 6) is -1.05. The maximum Gasteiger partial charge on any atom is 0.410 e. The number of benzene rings is 2. The number of nitrogens with zero attached hydrogens (tertiary/aromatic N) is 7. The van der Waals surface area contributed by atoms with Gasteiger partial charge in [0.25, 0.3) is 5.91 Å². The van der Waals surface area contributed by atoms with Gasteiger partial charge in [0.1, 0.15) is 22.8 Å². The molecule has 44 heavy (non-hydrogen) atoms.